The second-order valence-corrected chi connectivity index (χ2v) is 12.2. The number of nitrogens with zero attached hydrogens (tertiary/aromatic N) is 3. The number of ether oxygens (including phenoxy) is 1. The van der Waals surface area contributed by atoms with Gasteiger partial charge in [-0.3, -0.25) is 4.98 Å². The fourth-order valence-electron chi connectivity index (χ4n) is 5.75. The highest BCUT2D eigenvalue weighted by molar-refractivity contribution is 6.39. The molecule has 7 rings (SSSR count). The smallest absolute Gasteiger partial charge is 0.147 e. The maximum atomic E-state index is 9.47. The molecule has 0 radical (unpaired) electrons. The van der Waals surface area contributed by atoms with Gasteiger partial charge < -0.3 is 9.26 Å². The molecule has 2 saturated heterocycles. The molecule has 0 atom stereocenters. The van der Waals surface area contributed by atoms with Crippen molar-refractivity contribution < 1.29 is 9.26 Å². The summed E-state index contributed by atoms with van der Waals surface area (Å²) in [6.07, 6.45) is 13.9. The Bertz CT molecular complexity index is 1370. The molecule has 37 heavy (non-hydrogen) atoms. The lowest BCUT2D eigenvalue weighted by molar-refractivity contribution is -0.173. The summed E-state index contributed by atoms with van der Waals surface area (Å²) in [5.74, 6) is 1.31. The third kappa shape index (κ3) is 4.30. The Morgan fingerprint density at radius 2 is 1.73 bits per heavy atom. The zero-order chi connectivity index (χ0) is 25.8. The summed E-state index contributed by atoms with van der Waals surface area (Å²) in [4.78, 5) is 4.08. The minimum atomic E-state index is -0.499. The van der Waals surface area contributed by atoms with Gasteiger partial charge in [-0.05, 0) is 63.5 Å². The largest absolute Gasteiger partial charge is 0.369 e. The average Bonchev–Trinajstić information content (AvgIpc) is 3.68. The first-order chi connectivity index (χ1) is 17.8. The van der Waals surface area contributed by atoms with Crippen molar-refractivity contribution in [3.05, 3.63) is 75.2 Å². The molecule has 7 heteroatoms. The van der Waals surface area contributed by atoms with Crippen LogP contribution in [0.1, 0.15) is 80.7 Å². The monoisotopic (exact) mass is 533 g/mol. The number of halogens is 2. The van der Waals surface area contributed by atoms with Gasteiger partial charge in [-0.25, -0.2) is 0 Å². The molecule has 4 heterocycles. The van der Waals surface area contributed by atoms with Gasteiger partial charge >= 0.3 is 0 Å². The van der Waals surface area contributed by atoms with E-state index < -0.39 is 5.41 Å². The van der Waals surface area contributed by atoms with E-state index in [9.17, 15) is 5.26 Å². The predicted octanol–water partition coefficient (Wildman–Crippen LogP) is 8.22. The lowest BCUT2D eigenvalue weighted by atomic mass is 9.64. The highest BCUT2D eigenvalue weighted by Gasteiger charge is 2.49. The van der Waals surface area contributed by atoms with E-state index in [4.69, 9.17) is 32.5 Å². The second kappa shape index (κ2) is 8.98. The Morgan fingerprint density at radius 3 is 2.30 bits per heavy atom. The molecular weight excluding hydrogens is 505 g/mol. The van der Waals surface area contributed by atoms with Crippen LogP contribution in [0.3, 0.4) is 0 Å². The maximum Gasteiger partial charge on any atom is 0.147 e. The van der Waals surface area contributed by atoms with Crippen LogP contribution in [-0.4, -0.2) is 16.7 Å². The van der Waals surface area contributed by atoms with Crippen LogP contribution in [0.2, 0.25) is 10.0 Å². The Balaban J connectivity index is 1.26. The molecule has 1 aromatic carbocycles. The summed E-state index contributed by atoms with van der Waals surface area (Å²) in [6.45, 7) is 4.57. The SMILES string of the molecule is CC(C)(C#N)c1ccc(C23CCC(C=Cc4c(-c5c(Cl)cncc5Cl)noc4C4CC4)(CC2)CO3)cc1. The first kappa shape index (κ1) is 24.7. The van der Waals surface area contributed by atoms with Gasteiger partial charge in [0.25, 0.3) is 0 Å². The second-order valence-electron chi connectivity index (χ2n) is 11.4. The number of nitriles is 1. The normalized spacial score (nSPS) is 25.5. The van der Waals surface area contributed by atoms with Crippen LogP contribution in [-0.2, 0) is 15.8 Å². The van der Waals surface area contributed by atoms with Crippen LogP contribution in [0.25, 0.3) is 17.3 Å². The van der Waals surface area contributed by atoms with Crippen LogP contribution < -0.4 is 0 Å². The molecule has 2 bridgehead atoms. The predicted molar refractivity (Wildman–Crippen MR) is 144 cm³/mol. The maximum absolute atomic E-state index is 9.47. The molecule has 0 spiro atoms. The molecule has 0 unspecified atom stereocenters. The van der Waals surface area contributed by atoms with Gasteiger partial charge in [-0.2, -0.15) is 5.26 Å². The van der Waals surface area contributed by atoms with Crippen molar-refractivity contribution in [3.63, 3.8) is 0 Å². The van der Waals surface area contributed by atoms with Gasteiger partial charge in [0.2, 0.25) is 0 Å². The van der Waals surface area contributed by atoms with E-state index in [0.29, 0.717) is 33.8 Å². The van der Waals surface area contributed by atoms with E-state index in [1.165, 1.54) is 5.56 Å². The minimum absolute atomic E-state index is 0.0221. The van der Waals surface area contributed by atoms with Gasteiger partial charge in [-0.15, -0.1) is 0 Å². The number of pyridine rings is 1. The third-order valence-electron chi connectivity index (χ3n) is 8.50. The Kier molecular flexibility index (Phi) is 5.99. The van der Waals surface area contributed by atoms with Crippen LogP contribution in [0, 0.1) is 16.7 Å². The number of hydrogen-bond donors (Lipinski definition) is 0. The molecule has 2 saturated carbocycles. The van der Waals surface area contributed by atoms with Crippen molar-refractivity contribution in [2.45, 2.75) is 69.3 Å². The molecule has 2 aliphatic heterocycles. The van der Waals surface area contributed by atoms with E-state index in [1.807, 2.05) is 13.8 Å². The van der Waals surface area contributed by atoms with Crippen LogP contribution >= 0.6 is 23.2 Å². The van der Waals surface area contributed by atoms with Crippen molar-refractivity contribution in [3.8, 4) is 17.3 Å². The molecule has 4 fully saturated rings. The number of aromatic nitrogens is 2. The van der Waals surface area contributed by atoms with Gasteiger partial charge in [0.05, 0.1) is 33.7 Å². The number of benzene rings is 1. The number of fused-ring (bicyclic) bond motifs is 3. The lowest BCUT2D eigenvalue weighted by Gasteiger charge is -2.52. The van der Waals surface area contributed by atoms with E-state index in [0.717, 1.165) is 55.4 Å². The standard InChI is InChI=1S/C30H29Cl2N3O2/c1-28(2,17-33)20-5-7-21(8-6-20)30-13-11-29(12-14-30,18-36-30)10-9-22-26(35-37-27(22)19-3-4-19)25-23(31)15-34-16-24(25)32/h5-10,15-16,19H,3-4,11-14,18H2,1-2H3. The average molecular weight is 534 g/mol. The van der Waals surface area contributed by atoms with Crippen molar-refractivity contribution in [2.75, 3.05) is 6.61 Å². The molecule has 190 valence electrons. The molecule has 4 aliphatic rings. The van der Waals surface area contributed by atoms with E-state index in [1.54, 1.807) is 12.4 Å². The summed E-state index contributed by atoms with van der Waals surface area (Å²) < 4.78 is 12.4. The van der Waals surface area contributed by atoms with Gasteiger partial charge in [0.1, 0.15) is 11.5 Å². The fraction of sp³-hybridized carbons (Fsp3) is 0.433. The lowest BCUT2D eigenvalue weighted by Crippen LogP contribution is -2.48. The van der Waals surface area contributed by atoms with Crippen molar-refractivity contribution >= 4 is 29.3 Å². The zero-order valence-corrected chi connectivity index (χ0v) is 22.6. The number of rotatable bonds is 6. The molecular formula is C30H29Cl2N3O2. The first-order valence-corrected chi connectivity index (χ1v) is 13.7. The van der Waals surface area contributed by atoms with Gasteiger partial charge in [0, 0.05) is 34.9 Å². The summed E-state index contributed by atoms with van der Waals surface area (Å²) in [6, 6.07) is 10.8. The quantitative estimate of drug-likeness (QED) is 0.319. The molecule has 2 aromatic heterocycles. The minimum Gasteiger partial charge on any atom is -0.369 e. The van der Waals surface area contributed by atoms with E-state index in [2.05, 4.69) is 52.6 Å². The van der Waals surface area contributed by atoms with E-state index >= 15 is 0 Å². The van der Waals surface area contributed by atoms with E-state index in [-0.39, 0.29) is 11.0 Å². The third-order valence-corrected chi connectivity index (χ3v) is 9.07. The molecule has 3 aromatic rings. The zero-order valence-electron chi connectivity index (χ0n) is 21.1. The molecule has 0 amide bonds. The van der Waals surface area contributed by atoms with Crippen LogP contribution in [0.5, 0.6) is 0 Å². The highest BCUT2D eigenvalue weighted by Crippen LogP contribution is 2.55. The van der Waals surface area contributed by atoms with Crippen LogP contribution in [0.4, 0.5) is 0 Å². The Hall–Kier alpha value is -2.65. The summed E-state index contributed by atoms with van der Waals surface area (Å²) in [5.41, 5.74) is 3.78. The molecule has 2 aliphatic carbocycles. The molecule has 5 nitrogen and oxygen atoms in total. The summed E-state index contributed by atoms with van der Waals surface area (Å²) in [7, 11) is 0. The van der Waals surface area contributed by atoms with Gasteiger partial charge in [-0.1, -0.05) is 64.8 Å². The fourth-order valence-corrected chi connectivity index (χ4v) is 6.30. The Morgan fingerprint density at radius 1 is 1.05 bits per heavy atom. The first-order valence-electron chi connectivity index (χ1n) is 12.9. The summed E-state index contributed by atoms with van der Waals surface area (Å²) in [5, 5.41) is 14.8. The topological polar surface area (TPSA) is 71.9 Å². The van der Waals surface area contributed by atoms with Crippen LogP contribution in [0.15, 0.2) is 47.3 Å². The number of hydrogen-bond acceptors (Lipinski definition) is 5. The van der Waals surface area contributed by atoms with Gasteiger partial charge in [0.15, 0.2) is 0 Å². The molecule has 0 N–H and O–H groups in total. The van der Waals surface area contributed by atoms with Crippen molar-refractivity contribution in [1.82, 2.24) is 10.1 Å². The van der Waals surface area contributed by atoms with Crippen molar-refractivity contribution in [2.24, 2.45) is 5.41 Å². The summed E-state index contributed by atoms with van der Waals surface area (Å²) >= 11 is 13.0. The Labute approximate surface area is 227 Å². The van der Waals surface area contributed by atoms with Crippen molar-refractivity contribution in [1.29, 1.82) is 5.26 Å². The highest BCUT2D eigenvalue weighted by atomic mass is 35.5.